The van der Waals surface area contributed by atoms with Gasteiger partial charge in [-0.1, -0.05) is 0 Å². The van der Waals surface area contributed by atoms with Crippen LogP contribution in [-0.2, 0) is 9.53 Å². The predicted molar refractivity (Wildman–Crippen MR) is 58.0 cm³/mol. The van der Waals surface area contributed by atoms with Crippen LogP contribution < -0.4 is 0 Å². The number of nitrogens with zero attached hydrogens (tertiary/aromatic N) is 1. The number of hydroxylamine groups is 2. The summed E-state index contributed by atoms with van der Waals surface area (Å²) in [6, 6.07) is 0. The van der Waals surface area contributed by atoms with Crippen molar-refractivity contribution in [1.82, 2.24) is 5.06 Å². The zero-order valence-electron chi connectivity index (χ0n) is 10.5. The molecule has 2 unspecified atom stereocenters. The quantitative estimate of drug-likeness (QED) is 0.657. The molecule has 0 bridgehead atoms. The molecular formula is C11H21NO4. The summed E-state index contributed by atoms with van der Waals surface area (Å²) in [4.78, 5) is 11.0. The van der Waals surface area contributed by atoms with Crippen molar-refractivity contribution >= 4 is 5.97 Å². The van der Waals surface area contributed by atoms with Gasteiger partial charge in [-0.15, -0.1) is 0 Å². The van der Waals surface area contributed by atoms with Gasteiger partial charge in [-0.25, -0.2) is 0 Å². The van der Waals surface area contributed by atoms with Gasteiger partial charge in [0.15, 0.2) is 0 Å². The third-order valence-corrected chi connectivity index (χ3v) is 3.17. The summed E-state index contributed by atoms with van der Waals surface area (Å²) in [5, 5.41) is 21.3. The first-order valence-electron chi connectivity index (χ1n) is 5.43. The van der Waals surface area contributed by atoms with Gasteiger partial charge in [-0.2, -0.15) is 5.06 Å². The highest BCUT2D eigenvalue weighted by Gasteiger charge is 2.53. The number of esters is 1. The molecule has 94 valence electrons. The molecule has 0 radical (unpaired) electrons. The normalized spacial score (nSPS) is 33.4. The van der Waals surface area contributed by atoms with Crippen molar-refractivity contribution < 1.29 is 19.8 Å². The molecule has 0 amide bonds. The molecule has 1 saturated heterocycles. The van der Waals surface area contributed by atoms with Crippen LogP contribution in [0.3, 0.4) is 0 Å². The number of rotatable bonds is 1. The summed E-state index contributed by atoms with van der Waals surface area (Å²) in [5.74, 6) is -0.453. The number of ether oxygens (including phenoxy) is 1. The van der Waals surface area contributed by atoms with Gasteiger partial charge in [-0.3, -0.25) is 4.79 Å². The fourth-order valence-electron chi connectivity index (χ4n) is 2.48. The topological polar surface area (TPSA) is 70.0 Å². The molecule has 0 aromatic heterocycles. The molecule has 1 aliphatic rings. The largest absolute Gasteiger partial charge is 0.458 e. The molecule has 5 heteroatoms. The average Bonchev–Trinajstić information content (AvgIpc) is 2.09. The van der Waals surface area contributed by atoms with Gasteiger partial charge in [0.2, 0.25) is 0 Å². The second-order valence-electron chi connectivity index (χ2n) is 5.58. The van der Waals surface area contributed by atoms with E-state index in [1.165, 1.54) is 12.0 Å². The molecule has 1 rings (SSSR count). The second kappa shape index (κ2) is 3.98. The summed E-state index contributed by atoms with van der Waals surface area (Å²) in [6.07, 6.45) is -1.13. The number of piperidine rings is 1. The number of aliphatic hydroxyl groups is 1. The van der Waals surface area contributed by atoms with Crippen LogP contribution >= 0.6 is 0 Å². The van der Waals surface area contributed by atoms with Crippen LogP contribution in [0.1, 0.15) is 41.0 Å². The first-order chi connectivity index (χ1) is 7.09. The van der Waals surface area contributed by atoms with Crippen LogP contribution in [0.2, 0.25) is 0 Å². The van der Waals surface area contributed by atoms with E-state index in [-0.39, 0.29) is 0 Å². The zero-order chi connectivity index (χ0) is 12.7. The molecule has 2 N–H and O–H groups in total. The van der Waals surface area contributed by atoms with Gasteiger partial charge >= 0.3 is 5.97 Å². The van der Waals surface area contributed by atoms with E-state index < -0.39 is 29.3 Å². The molecule has 0 spiro atoms. The molecule has 0 aromatic rings. The maximum absolute atomic E-state index is 11.0. The summed E-state index contributed by atoms with van der Waals surface area (Å²) in [7, 11) is 0. The first-order valence-corrected chi connectivity index (χ1v) is 5.43. The molecular weight excluding hydrogens is 210 g/mol. The maximum Gasteiger partial charge on any atom is 0.303 e. The lowest BCUT2D eigenvalue weighted by atomic mass is 9.78. The van der Waals surface area contributed by atoms with Gasteiger partial charge in [0.05, 0.1) is 11.6 Å². The van der Waals surface area contributed by atoms with Gasteiger partial charge in [0, 0.05) is 12.5 Å². The Kier molecular flexibility index (Phi) is 3.34. The minimum absolute atomic E-state index is 0.352. The summed E-state index contributed by atoms with van der Waals surface area (Å²) < 4.78 is 5.09. The molecule has 1 fully saturated rings. The lowest BCUT2D eigenvalue weighted by Crippen LogP contribution is -2.68. The molecule has 0 aliphatic carbocycles. The summed E-state index contributed by atoms with van der Waals surface area (Å²) in [5.41, 5.74) is -1.35. The highest BCUT2D eigenvalue weighted by atomic mass is 16.6. The predicted octanol–water partition coefficient (Wildman–Crippen LogP) is 0.931. The van der Waals surface area contributed by atoms with Gasteiger partial charge < -0.3 is 15.1 Å². The van der Waals surface area contributed by atoms with Crippen LogP contribution in [0.5, 0.6) is 0 Å². The highest BCUT2D eigenvalue weighted by molar-refractivity contribution is 5.66. The Bertz CT molecular complexity index is 288. The third kappa shape index (κ3) is 2.21. The molecule has 5 nitrogen and oxygen atoms in total. The molecule has 16 heavy (non-hydrogen) atoms. The van der Waals surface area contributed by atoms with E-state index in [0.717, 1.165) is 0 Å². The van der Waals surface area contributed by atoms with Crippen molar-refractivity contribution in [2.45, 2.75) is 64.3 Å². The van der Waals surface area contributed by atoms with E-state index in [9.17, 15) is 15.1 Å². The lowest BCUT2D eigenvalue weighted by molar-refractivity contribution is -0.292. The SMILES string of the molecule is CC(=O)OC1C(O)CC(C)(C)N(O)C1(C)C. The van der Waals surface area contributed by atoms with E-state index in [1.807, 2.05) is 13.8 Å². The summed E-state index contributed by atoms with van der Waals surface area (Å²) in [6.45, 7) is 8.45. The lowest BCUT2D eigenvalue weighted by Gasteiger charge is -2.53. The Morgan fingerprint density at radius 1 is 1.38 bits per heavy atom. The monoisotopic (exact) mass is 231 g/mol. The Morgan fingerprint density at radius 2 is 1.88 bits per heavy atom. The fraction of sp³-hybridized carbons (Fsp3) is 0.909. The van der Waals surface area contributed by atoms with Gasteiger partial charge in [0.25, 0.3) is 0 Å². The van der Waals surface area contributed by atoms with Gasteiger partial charge in [-0.05, 0) is 34.1 Å². The number of hydrogen-bond donors (Lipinski definition) is 2. The fourth-order valence-corrected chi connectivity index (χ4v) is 2.48. The Balaban J connectivity index is 2.99. The number of aliphatic hydroxyl groups excluding tert-OH is 1. The minimum atomic E-state index is -0.813. The molecule has 2 atom stereocenters. The minimum Gasteiger partial charge on any atom is -0.458 e. The Labute approximate surface area is 96.0 Å². The van der Waals surface area contributed by atoms with Crippen molar-refractivity contribution in [3.63, 3.8) is 0 Å². The van der Waals surface area contributed by atoms with Crippen LogP contribution in [0.25, 0.3) is 0 Å². The van der Waals surface area contributed by atoms with Crippen LogP contribution in [0, 0.1) is 0 Å². The van der Waals surface area contributed by atoms with Crippen molar-refractivity contribution in [3.05, 3.63) is 0 Å². The zero-order valence-corrected chi connectivity index (χ0v) is 10.5. The van der Waals surface area contributed by atoms with Crippen LogP contribution in [0.4, 0.5) is 0 Å². The van der Waals surface area contributed by atoms with E-state index in [1.54, 1.807) is 13.8 Å². The van der Waals surface area contributed by atoms with E-state index >= 15 is 0 Å². The van der Waals surface area contributed by atoms with E-state index in [0.29, 0.717) is 6.42 Å². The smallest absolute Gasteiger partial charge is 0.303 e. The highest BCUT2D eigenvalue weighted by Crippen LogP contribution is 2.38. The Morgan fingerprint density at radius 3 is 2.31 bits per heavy atom. The third-order valence-electron chi connectivity index (χ3n) is 3.17. The number of carbonyl (C=O) groups excluding carboxylic acids is 1. The molecule has 0 saturated carbocycles. The standard InChI is InChI=1S/C11H21NO4/c1-7(13)16-9-8(14)6-10(2,3)12(15)11(9,4)5/h8-9,14-15H,6H2,1-5H3. The maximum atomic E-state index is 11.0. The summed E-state index contributed by atoms with van der Waals surface area (Å²) >= 11 is 0. The molecule has 0 aromatic carbocycles. The number of hydrogen-bond acceptors (Lipinski definition) is 5. The van der Waals surface area contributed by atoms with Crippen molar-refractivity contribution in [3.8, 4) is 0 Å². The van der Waals surface area contributed by atoms with Gasteiger partial charge in [0.1, 0.15) is 6.10 Å². The Hall–Kier alpha value is -0.650. The van der Waals surface area contributed by atoms with Crippen molar-refractivity contribution in [2.75, 3.05) is 0 Å². The van der Waals surface area contributed by atoms with Crippen LogP contribution in [0.15, 0.2) is 0 Å². The van der Waals surface area contributed by atoms with Crippen molar-refractivity contribution in [2.24, 2.45) is 0 Å². The molecule has 1 aliphatic heterocycles. The van der Waals surface area contributed by atoms with Crippen molar-refractivity contribution in [1.29, 1.82) is 0 Å². The molecule has 1 heterocycles. The van der Waals surface area contributed by atoms with E-state index in [2.05, 4.69) is 0 Å². The second-order valence-corrected chi connectivity index (χ2v) is 5.58. The van der Waals surface area contributed by atoms with E-state index in [4.69, 9.17) is 4.74 Å². The average molecular weight is 231 g/mol. The van der Waals surface area contributed by atoms with Crippen LogP contribution in [-0.4, -0.2) is 44.6 Å². The number of carbonyl (C=O) groups is 1. The first kappa shape index (κ1) is 13.4.